The van der Waals surface area contributed by atoms with Crippen molar-refractivity contribution in [3.8, 4) is 0 Å². The Kier molecular flexibility index (Phi) is 2.66. The Labute approximate surface area is 76.0 Å². The average Bonchev–Trinajstić information content (AvgIpc) is 2.01. The number of aliphatic carboxylic acids is 1. The van der Waals surface area contributed by atoms with Crippen molar-refractivity contribution in [1.29, 1.82) is 0 Å². The number of carboxylic acid groups (broad SMARTS) is 1. The van der Waals surface area contributed by atoms with Crippen molar-refractivity contribution in [2.75, 3.05) is 0 Å². The molecular weight excluding hydrogens is 171 g/mol. The summed E-state index contributed by atoms with van der Waals surface area (Å²) in [6.45, 7) is 3.62. The standard InChI is InChI=1S/C10H11FO2/c1-6-3-7(2)5-8(4-6)9(11)10(12)13/h3-5,9H,1-2H3,(H,12,13). The molecule has 13 heavy (non-hydrogen) atoms. The smallest absolute Gasteiger partial charge is 0.343 e. The summed E-state index contributed by atoms with van der Waals surface area (Å²) in [5, 5.41) is 8.44. The van der Waals surface area contributed by atoms with E-state index < -0.39 is 12.1 Å². The lowest BCUT2D eigenvalue weighted by atomic mass is 10.0. The van der Waals surface area contributed by atoms with Crippen LogP contribution in [0.25, 0.3) is 0 Å². The Morgan fingerprint density at radius 2 is 1.77 bits per heavy atom. The van der Waals surface area contributed by atoms with Gasteiger partial charge in [-0.3, -0.25) is 0 Å². The SMILES string of the molecule is Cc1cc(C)cc(C(F)C(=O)O)c1. The van der Waals surface area contributed by atoms with Gasteiger partial charge >= 0.3 is 5.97 Å². The van der Waals surface area contributed by atoms with Crippen molar-refractivity contribution >= 4 is 5.97 Å². The van der Waals surface area contributed by atoms with Crippen LogP contribution in [0.4, 0.5) is 4.39 Å². The molecule has 1 aromatic carbocycles. The fourth-order valence-electron chi connectivity index (χ4n) is 1.30. The number of benzene rings is 1. The predicted octanol–water partition coefficient (Wildman–Crippen LogP) is 2.40. The van der Waals surface area contributed by atoms with Gasteiger partial charge in [0.15, 0.2) is 0 Å². The van der Waals surface area contributed by atoms with Crippen LogP contribution in [0.15, 0.2) is 18.2 Å². The van der Waals surface area contributed by atoms with Gasteiger partial charge in [0, 0.05) is 0 Å². The molecule has 70 valence electrons. The number of hydrogen-bond donors (Lipinski definition) is 1. The number of carboxylic acids is 1. The van der Waals surface area contributed by atoms with Crippen molar-refractivity contribution in [3.05, 3.63) is 34.9 Å². The maximum atomic E-state index is 13.0. The van der Waals surface area contributed by atoms with Crippen LogP contribution < -0.4 is 0 Å². The minimum Gasteiger partial charge on any atom is -0.479 e. The zero-order valence-electron chi connectivity index (χ0n) is 7.54. The Bertz CT molecular complexity index is 313. The lowest BCUT2D eigenvalue weighted by Gasteiger charge is -2.05. The molecule has 0 spiro atoms. The van der Waals surface area contributed by atoms with Crippen LogP contribution in [-0.4, -0.2) is 11.1 Å². The van der Waals surface area contributed by atoms with Crippen molar-refractivity contribution in [3.63, 3.8) is 0 Å². The van der Waals surface area contributed by atoms with Gasteiger partial charge in [0.05, 0.1) is 0 Å². The molecule has 0 heterocycles. The lowest BCUT2D eigenvalue weighted by molar-refractivity contribution is -0.143. The lowest BCUT2D eigenvalue weighted by Crippen LogP contribution is -2.06. The molecule has 1 unspecified atom stereocenters. The fraction of sp³-hybridized carbons (Fsp3) is 0.300. The van der Waals surface area contributed by atoms with Crippen molar-refractivity contribution < 1.29 is 14.3 Å². The van der Waals surface area contributed by atoms with E-state index in [0.717, 1.165) is 11.1 Å². The largest absolute Gasteiger partial charge is 0.479 e. The fourth-order valence-corrected chi connectivity index (χ4v) is 1.30. The van der Waals surface area contributed by atoms with E-state index in [1.807, 2.05) is 19.9 Å². The van der Waals surface area contributed by atoms with E-state index in [4.69, 9.17) is 5.11 Å². The molecule has 1 rings (SSSR count). The molecule has 0 radical (unpaired) electrons. The topological polar surface area (TPSA) is 37.3 Å². The molecule has 1 aromatic rings. The summed E-state index contributed by atoms with van der Waals surface area (Å²) in [6, 6.07) is 4.97. The third kappa shape index (κ3) is 2.28. The van der Waals surface area contributed by atoms with Gasteiger partial charge in [-0.25, -0.2) is 9.18 Å². The molecule has 0 saturated carbocycles. The monoisotopic (exact) mass is 182 g/mol. The Morgan fingerprint density at radius 1 is 1.31 bits per heavy atom. The van der Waals surface area contributed by atoms with Gasteiger partial charge in [0.1, 0.15) is 0 Å². The van der Waals surface area contributed by atoms with E-state index in [1.165, 1.54) is 0 Å². The van der Waals surface area contributed by atoms with Gasteiger partial charge in [0.2, 0.25) is 6.17 Å². The molecule has 0 saturated heterocycles. The summed E-state index contributed by atoms with van der Waals surface area (Å²) < 4.78 is 13.0. The highest BCUT2D eigenvalue weighted by atomic mass is 19.1. The summed E-state index contributed by atoms with van der Waals surface area (Å²) in [4.78, 5) is 10.3. The number of alkyl halides is 1. The summed E-state index contributed by atoms with van der Waals surface area (Å²) in [5.41, 5.74) is 1.96. The summed E-state index contributed by atoms with van der Waals surface area (Å²) in [5.74, 6) is -1.44. The maximum Gasteiger partial charge on any atom is 0.343 e. The summed E-state index contributed by atoms with van der Waals surface area (Å²) in [6.07, 6.45) is -1.92. The number of carbonyl (C=O) groups is 1. The molecule has 0 aliphatic rings. The first-order valence-electron chi connectivity index (χ1n) is 3.96. The summed E-state index contributed by atoms with van der Waals surface area (Å²) in [7, 11) is 0. The van der Waals surface area contributed by atoms with Gasteiger partial charge in [-0.2, -0.15) is 0 Å². The minimum atomic E-state index is -1.92. The molecule has 2 nitrogen and oxygen atoms in total. The van der Waals surface area contributed by atoms with Crippen LogP contribution in [0, 0.1) is 13.8 Å². The quantitative estimate of drug-likeness (QED) is 0.762. The summed E-state index contributed by atoms with van der Waals surface area (Å²) >= 11 is 0. The van der Waals surface area contributed by atoms with Crippen molar-refractivity contribution in [2.24, 2.45) is 0 Å². The Hall–Kier alpha value is -1.38. The maximum absolute atomic E-state index is 13.0. The number of hydrogen-bond acceptors (Lipinski definition) is 1. The predicted molar refractivity (Wildman–Crippen MR) is 47.4 cm³/mol. The number of aryl methyl sites for hydroxylation is 2. The molecule has 3 heteroatoms. The molecule has 0 fully saturated rings. The van der Waals surface area contributed by atoms with Gasteiger partial charge < -0.3 is 5.11 Å². The van der Waals surface area contributed by atoms with Crippen molar-refractivity contribution in [2.45, 2.75) is 20.0 Å². The second kappa shape index (κ2) is 3.56. The van der Waals surface area contributed by atoms with Crippen LogP contribution in [0.5, 0.6) is 0 Å². The van der Waals surface area contributed by atoms with Crippen LogP contribution in [0.1, 0.15) is 22.9 Å². The molecule has 0 bridgehead atoms. The van der Waals surface area contributed by atoms with Crippen LogP contribution in [0.2, 0.25) is 0 Å². The average molecular weight is 182 g/mol. The van der Waals surface area contributed by atoms with E-state index in [2.05, 4.69) is 0 Å². The van der Waals surface area contributed by atoms with Gasteiger partial charge in [-0.1, -0.05) is 29.3 Å². The highest BCUT2D eigenvalue weighted by Gasteiger charge is 2.18. The van der Waals surface area contributed by atoms with Gasteiger partial charge in [0.25, 0.3) is 0 Å². The first kappa shape index (κ1) is 9.71. The first-order chi connectivity index (χ1) is 6.00. The highest BCUT2D eigenvalue weighted by molar-refractivity contribution is 5.74. The molecular formula is C10H11FO2. The van der Waals surface area contributed by atoms with Crippen LogP contribution in [-0.2, 0) is 4.79 Å². The van der Waals surface area contributed by atoms with E-state index in [-0.39, 0.29) is 5.56 Å². The second-order valence-electron chi connectivity index (χ2n) is 3.12. The van der Waals surface area contributed by atoms with E-state index in [1.54, 1.807) is 12.1 Å². The van der Waals surface area contributed by atoms with Gasteiger partial charge in [-0.15, -0.1) is 0 Å². The minimum absolute atomic E-state index is 0.213. The Balaban J connectivity index is 3.07. The normalized spacial score (nSPS) is 12.5. The van der Waals surface area contributed by atoms with E-state index >= 15 is 0 Å². The zero-order valence-corrected chi connectivity index (χ0v) is 7.54. The van der Waals surface area contributed by atoms with Gasteiger partial charge in [-0.05, 0) is 19.4 Å². The first-order valence-corrected chi connectivity index (χ1v) is 3.96. The number of rotatable bonds is 2. The zero-order chi connectivity index (χ0) is 10.0. The number of halogens is 1. The third-order valence-corrected chi connectivity index (χ3v) is 1.75. The molecule has 1 N–H and O–H groups in total. The van der Waals surface area contributed by atoms with E-state index in [0.29, 0.717) is 0 Å². The molecule has 0 aliphatic carbocycles. The third-order valence-electron chi connectivity index (χ3n) is 1.75. The Morgan fingerprint density at radius 3 is 2.15 bits per heavy atom. The van der Waals surface area contributed by atoms with Crippen LogP contribution in [0.3, 0.4) is 0 Å². The molecule has 0 aromatic heterocycles. The molecule has 1 atom stereocenters. The highest BCUT2D eigenvalue weighted by Crippen LogP contribution is 2.20. The van der Waals surface area contributed by atoms with E-state index in [9.17, 15) is 9.18 Å². The van der Waals surface area contributed by atoms with Crippen molar-refractivity contribution in [1.82, 2.24) is 0 Å². The molecule has 0 amide bonds. The second-order valence-corrected chi connectivity index (χ2v) is 3.12. The molecule has 0 aliphatic heterocycles. The van der Waals surface area contributed by atoms with Crippen LogP contribution >= 0.6 is 0 Å².